The second kappa shape index (κ2) is 7.02. The number of rotatable bonds is 2. The molecule has 28 heavy (non-hydrogen) atoms. The Kier molecular flexibility index (Phi) is 4.36. The summed E-state index contributed by atoms with van der Waals surface area (Å²) in [6.07, 6.45) is 3.96. The highest BCUT2D eigenvalue weighted by Gasteiger charge is 2.29. The standard InChI is InChI=1S/C23H20ClN3O/c24-19-7-5-16(6-8-19)18-11-21-20(22(28)12-18)13-25-23(26-21)27-10-9-15-3-1-2-4-17(15)14-27/h1-8,13,18H,9-12,14H2/t18-/m0/s1. The summed E-state index contributed by atoms with van der Waals surface area (Å²) in [5, 5.41) is 0.710. The molecule has 0 fully saturated rings. The van der Waals surface area contributed by atoms with Gasteiger partial charge in [-0.3, -0.25) is 4.79 Å². The molecule has 4 nitrogen and oxygen atoms in total. The number of hydrogen-bond donors (Lipinski definition) is 0. The summed E-state index contributed by atoms with van der Waals surface area (Å²) < 4.78 is 0. The molecular formula is C23H20ClN3O. The smallest absolute Gasteiger partial charge is 0.225 e. The molecule has 2 heterocycles. The number of nitrogens with zero attached hydrogens (tertiary/aromatic N) is 3. The van der Waals surface area contributed by atoms with Crippen LogP contribution < -0.4 is 4.90 Å². The van der Waals surface area contributed by atoms with Gasteiger partial charge in [-0.1, -0.05) is 48.0 Å². The average Bonchev–Trinajstić information content (AvgIpc) is 2.73. The molecule has 0 saturated carbocycles. The zero-order valence-corrected chi connectivity index (χ0v) is 16.2. The molecule has 2 aromatic carbocycles. The number of anilines is 1. The van der Waals surface area contributed by atoms with E-state index in [4.69, 9.17) is 16.6 Å². The monoisotopic (exact) mass is 389 g/mol. The molecule has 0 spiro atoms. The first kappa shape index (κ1) is 17.4. The first-order valence-corrected chi connectivity index (χ1v) is 10.0. The third kappa shape index (κ3) is 3.18. The molecule has 140 valence electrons. The molecule has 0 amide bonds. The number of ketones is 1. The summed E-state index contributed by atoms with van der Waals surface area (Å²) in [6, 6.07) is 16.3. The molecule has 5 rings (SSSR count). The van der Waals surface area contributed by atoms with E-state index < -0.39 is 0 Å². The van der Waals surface area contributed by atoms with Crippen LogP contribution in [-0.2, 0) is 19.4 Å². The van der Waals surface area contributed by atoms with Gasteiger partial charge in [-0.05, 0) is 47.6 Å². The first-order valence-electron chi connectivity index (χ1n) is 9.63. The lowest BCUT2D eigenvalue weighted by molar-refractivity contribution is 0.0962. The van der Waals surface area contributed by atoms with Crippen molar-refractivity contribution in [2.24, 2.45) is 0 Å². The van der Waals surface area contributed by atoms with Gasteiger partial charge >= 0.3 is 0 Å². The van der Waals surface area contributed by atoms with Crippen LogP contribution in [0.4, 0.5) is 5.95 Å². The van der Waals surface area contributed by atoms with Crippen molar-refractivity contribution in [3.8, 4) is 0 Å². The van der Waals surface area contributed by atoms with Crippen LogP contribution in [-0.4, -0.2) is 22.3 Å². The highest BCUT2D eigenvalue weighted by atomic mass is 35.5. The lowest BCUT2D eigenvalue weighted by Crippen LogP contribution is -2.32. The summed E-state index contributed by atoms with van der Waals surface area (Å²) in [7, 11) is 0. The van der Waals surface area contributed by atoms with Crippen molar-refractivity contribution in [3.05, 3.63) is 87.7 Å². The van der Waals surface area contributed by atoms with Crippen molar-refractivity contribution in [1.82, 2.24) is 9.97 Å². The van der Waals surface area contributed by atoms with Crippen LogP contribution in [0.15, 0.2) is 54.7 Å². The van der Waals surface area contributed by atoms with Gasteiger partial charge in [0.2, 0.25) is 5.95 Å². The van der Waals surface area contributed by atoms with E-state index in [-0.39, 0.29) is 11.7 Å². The van der Waals surface area contributed by atoms with Crippen molar-refractivity contribution in [2.45, 2.75) is 31.7 Å². The number of hydrogen-bond acceptors (Lipinski definition) is 4. The fourth-order valence-electron chi connectivity index (χ4n) is 4.22. The normalized spacial score (nSPS) is 18.5. The van der Waals surface area contributed by atoms with Crippen molar-refractivity contribution in [1.29, 1.82) is 0 Å². The molecule has 0 radical (unpaired) electrons. The van der Waals surface area contributed by atoms with Crippen molar-refractivity contribution < 1.29 is 4.79 Å². The van der Waals surface area contributed by atoms with Crippen molar-refractivity contribution in [3.63, 3.8) is 0 Å². The maximum absolute atomic E-state index is 12.7. The molecule has 0 saturated heterocycles. The van der Waals surface area contributed by atoms with Crippen LogP contribution in [0.2, 0.25) is 5.02 Å². The van der Waals surface area contributed by atoms with Gasteiger partial charge in [0.25, 0.3) is 0 Å². The minimum absolute atomic E-state index is 0.122. The summed E-state index contributed by atoms with van der Waals surface area (Å²) in [5.74, 6) is 0.983. The third-order valence-corrected chi connectivity index (χ3v) is 6.03. The zero-order chi connectivity index (χ0) is 19.1. The molecule has 1 atom stereocenters. The molecular weight excluding hydrogens is 370 g/mol. The molecule has 5 heteroatoms. The summed E-state index contributed by atoms with van der Waals surface area (Å²) in [6.45, 7) is 1.70. The Labute approximate surface area is 169 Å². The Morgan fingerprint density at radius 2 is 1.79 bits per heavy atom. The fourth-order valence-corrected chi connectivity index (χ4v) is 4.35. The fraction of sp³-hybridized carbons (Fsp3) is 0.261. The van der Waals surface area contributed by atoms with Crippen LogP contribution in [0, 0.1) is 0 Å². The van der Waals surface area contributed by atoms with Gasteiger partial charge < -0.3 is 4.90 Å². The topological polar surface area (TPSA) is 46.1 Å². The Hall–Kier alpha value is -2.72. The number of Topliss-reactive ketones (excluding diaryl/α,β-unsaturated/α-hetero) is 1. The molecule has 0 N–H and O–H groups in total. The van der Waals surface area contributed by atoms with Gasteiger partial charge in [0.15, 0.2) is 5.78 Å². The van der Waals surface area contributed by atoms with E-state index in [1.54, 1.807) is 6.20 Å². The summed E-state index contributed by atoms with van der Waals surface area (Å²) in [4.78, 5) is 24.2. The van der Waals surface area contributed by atoms with Crippen LogP contribution in [0.25, 0.3) is 0 Å². The SMILES string of the molecule is O=C1C[C@@H](c2ccc(Cl)cc2)Cc2nc(N3CCc4ccccc4C3)ncc21. The van der Waals surface area contributed by atoms with Crippen molar-refractivity contribution >= 4 is 23.3 Å². The highest BCUT2D eigenvalue weighted by Crippen LogP contribution is 2.33. The Bertz CT molecular complexity index is 1050. The molecule has 0 bridgehead atoms. The number of fused-ring (bicyclic) bond motifs is 2. The quantitative estimate of drug-likeness (QED) is 0.642. The third-order valence-electron chi connectivity index (χ3n) is 5.78. The molecule has 1 aliphatic carbocycles. The van der Waals surface area contributed by atoms with Crippen LogP contribution in [0.1, 0.15) is 45.1 Å². The number of carbonyl (C=O) groups is 1. The van der Waals surface area contributed by atoms with Gasteiger partial charge in [-0.15, -0.1) is 0 Å². The van der Waals surface area contributed by atoms with Gasteiger partial charge in [0.05, 0.1) is 11.3 Å². The molecule has 2 aliphatic rings. The summed E-state index contributed by atoms with van der Waals surface area (Å²) >= 11 is 6.01. The minimum Gasteiger partial charge on any atom is -0.336 e. The highest BCUT2D eigenvalue weighted by molar-refractivity contribution is 6.30. The number of halogens is 1. The van der Waals surface area contributed by atoms with Gasteiger partial charge in [-0.2, -0.15) is 0 Å². The largest absolute Gasteiger partial charge is 0.336 e. The molecule has 1 aliphatic heterocycles. The van der Waals surface area contributed by atoms with Crippen LogP contribution >= 0.6 is 11.6 Å². The van der Waals surface area contributed by atoms with E-state index in [1.807, 2.05) is 24.3 Å². The lowest BCUT2D eigenvalue weighted by atomic mass is 9.82. The maximum Gasteiger partial charge on any atom is 0.225 e. The van der Waals surface area contributed by atoms with Crippen LogP contribution in [0.3, 0.4) is 0 Å². The number of carbonyl (C=O) groups excluding carboxylic acids is 1. The predicted octanol–water partition coefficient (Wildman–Crippen LogP) is 4.61. The van der Waals surface area contributed by atoms with Gasteiger partial charge in [0, 0.05) is 30.7 Å². The van der Waals surface area contributed by atoms with Crippen LogP contribution in [0.5, 0.6) is 0 Å². The van der Waals surface area contributed by atoms with E-state index in [0.717, 1.165) is 43.1 Å². The van der Waals surface area contributed by atoms with Crippen molar-refractivity contribution in [2.75, 3.05) is 11.4 Å². The second-order valence-corrected chi connectivity index (χ2v) is 7.99. The van der Waals surface area contributed by atoms with E-state index in [9.17, 15) is 4.79 Å². The molecule has 3 aromatic rings. The minimum atomic E-state index is 0.122. The molecule has 0 unspecified atom stereocenters. The Balaban J connectivity index is 1.43. The Morgan fingerprint density at radius 1 is 1.00 bits per heavy atom. The molecule has 1 aromatic heterocycles. The average molecular weight is 390 g/mol. The number of aromatic nitrogens is 2. The van der Waals surface area contributed by atoms with Gasteiger partial charge in [-0.25, -0.2) is 9.97 Å². The Morgan fingerprint density at radius 3 is 2.61 bits per heavy atom. The maximum atomic E-state index is 12.7. The zero-order valence-electron chi connectivity index (χ0n) is 15.4. The van der Waals surface area contributed by atoms with E-state index in [0.29, 0.717) is 17.0 Å². The van der Waals surface area contributed by atoms with E-state index in [1.165, 1.54) is 11.1 Å². The van der Waals surface area contributed by atoms with Gasteiger partial charge in [0.1, 0.15) is 0 Å². The lowest BCUT2D eigenvalue weighted by Gasteiger charge is -2.30. The van der Waals surface area contributed by atoms with E-state index >= 15 is 0 Å². The summed E-state index contributed by atoms with van der Waals surface area (Å²) in [5.41, 5.74) is 5.39. The predicted molar refractivity (Wildman–Crippen MR) is 110 cm³/mol. The first-order chi connectivity index (χ1) is 13.7. The second-order valence-electron chi connectivity index (χ2n) is 7.55. The van der Waals surface area contributed by atoms with E-state index in [2.05, 4.69) is 34.1 Å². The number of benzene rings is 2.